The molecule has 0 saturated carbocycles. The molecule has 0 N–H and O–H groups in total. The molecule has 0 aromatic carbocycles. The molecule has 72 valence electrons. The maximum Gasteiger partial charge on any atom is 0.133 e. The third-order valence-electron chi connectivity index (χ3n) is 2.79. The summed E-state index contributed by atoms with van der Waals surface area (Å²) in [6.07, 6.45) is 3.58. The minimum absolute atomic E-state index is 0.0671. The second-order valence-corrected chi connectivity index (χ2v) is 3.92. The highest BCUT2D eigenvalue weighted by Gasteiger charge is 2.30. The van der Waals surface area contributed by atoms with Gasteiger partial charge in [-0.2, -0.15) is 0 Å². The summed E-state index contributed by atoms with van der Waals surface area (Å²) < 4.78 is 0. The Balaban J connectivity index is 2.83. The van der Waals surface area contributed by atoms with Crippen molar-refractivity contribution in [3.63, 3.8) is 0 Å². The number of hydrogen-bond donors (Lipinski definition) is 0. The number of ketones is 2. The van der Waals surface area contributed by atoms with Crippen molar-refractivity contribution in [1.29, 1.82) is 0 Å². The van der Waals surface area contributed by atoms with E-state index >= 15 is 0 Å². The van der Waals surface area contributed by atoms with Crippen LogP contribution in [-0.2, 0) is 9.59 Å². The van der Waals surface area contributed by atoms with Crippen molar-refractivity contribution in [3.8, 4) is 0 Å². The molecule has 1 aliphatic rings. The van der Waals surface area contributed by atoms with Crippen LogP contribution < -0.4 is 0 Å². The maximum absolute atomic E-state index is 11.3. The average Bonchev–Trinajstić information content (AvgIpc) is 2.03. The van der Waals surface area contributed by atoms with Gasteiger partial charge in [0.1, 0.15) is 11.6 Å². The third-order valence-corrected chi connectivity index (χ3v) is 2.79. The molecule has 0 bridgehead atoms. The molecule has 0 saturated heterocycles. The Morgan fingerprint density at radius 1 is 1.23 bits per heavy atom. The summed E-state index contributed by atoms with van der Waals surface area (Å²) in [5, 5.41) is 0. The smallest absolute Gasteiger partial charge is 0.133 e. The normalized spacial score (nSPS) is 28.1. The van der Waals surface area contributed by atoms with E-state index in [1.807, 2.05) is 6.92 Å². The van der Waals surface area contributed by atoms with Crippen molar-refractivity contribution >= 4 is 11.6 Å². The van der Waals surface area contributed by atoms with E-state index in [9.17, 15) is 9.59 Å². The number of carbonyl (C=O) groups is 2. The lowest BCUT2D eigenvalue weighted by Gasteiger charge is -2.26. The van der Waals surface area contributed by atoms with Crippen LogP contribution in [0.4, 0.5) is 0 Å². The number of hydrogen-bond acceptors (Lipinski definition) is 2. The maximum atomic E-state index is 11.3. The summed E-state index contributed by atoms with van der Waals surface area (Å²) in [5.74, 6) is 0.153. The van der Waals surface area contributed by atoms with Gasteiger partial charge in [-0.15, -0.1) is 0 Å². The van der Waals surface area contributed by atoms with E-state index < -0.39 is 0 Å². The Bertz CT molecular complexity index is 263. The molecule has 0 radical (unpaired) electrons. The summed E-state index contributed by atoms with van der Waals surface area (Å²) in [5.41, 5.74) is 1.23. The van der Waals surface area contributed by atoms with Gasteiger partial charge in [0.25, 0.3) is 0 Å². The molecule has 2 atom stereocenters. The molecule has 0 amide bonds. The predicted molar refractivity (Wildman–Crippen MR) is 51.3 cm³/mol. The lowest BCUT2D eigenvalue weighted by atomic mass is 9.76. The molecule has 0 heterocycles. The molecular formula is C11H16O2. The van der Waals surface area contributed by atoms with E-state index in [2.05, 4.69) is 6.08 Å². The van der Waals surface area contributed by atoms with Gasteiger partial charge in [0.15, 0.2) is 0 Å². The van der Waals surface area contributed by atoms with Crippen LogP contribution in [0.3, 0.4) is 0 Å². The van der Waals surface area contributed by atoms with E-state index in [1.165, 1.54) is 5.57 Å². The van der Waals surface area contributed by atoms with E-state index in [1.54, 1.807) is 13.8 Å². The van der Waals surface area contributed by atoms with E-state index in [4.69, 9.17) is 0 Å². The van der Waals surface area contributed by atoms with Crippen LogP contribution >= 0.6 is 0 Å². The van der Waals surface area contributed by atoms with Crippen molar-refractivity contribution in [2.45, 2.75) is 33.6 Å². The number of carbonyl (C=O) groups excluding carboxylic acids is 2. The van der Waals surface area contributed by atoms with Crippen molar-refractivity contribution < 1.29 is 9.59 Å². The van der Waals surface area contributed by atoms with Crippen LogP contribution in [0, 0.1) is 11.8 Å². The van der Waals surface area contributed by atoms with Gasteiger partial charge in [-0.3, -0.25) is 9.59 Å². The summed E-state index contributed by atoms with van der Waals surface area (Å²) in [4.78, 5) is 22.5. The first-order valence-electron chi connectivity index (χ1n) is 4.69. The van der Waals surface area contributed by atoms with Crippen LogP contribution in [0.1, 0.15) is 33.6 Å². The topological polar surface area (TPSA) is 34.1 Å². The summed E-state index contributed by atoms with van der Waals surface area (Å²) in [6.45, 7) is 5.18. The van der Waals surface area contributed by atoms with Crippen LogP contribution in [0.15, 0.2) is 11.6 Å². The number of allylic oxidation sites excluding steroid dienone is 2. The zero-order chi connectivity index (χ0) is 10.0. The first kappa shape index (κ1) is 10.2. The first-order valence-corrected chi connectivity index (χ1v) is 4.69. The quantitative estimate of drug-likeness (QED) is 0.610. The average molecular weight is 180 g/mol. The Hall–Kier alpha value is -0.920. The predicted octanol–water partition coefficient (Wildman–Crippen LogP) is 2.14. The highest BCUT2D eigenvalue weighted by molar-refractivity contribution is 5.88. The van der Waals surface area contributed by atoms with E-state index in [-0.39, 0.29) is 23.4 Å². The fourth-order valence-electron chi connectivity index (χ4n) is 1.94. The highest BCUT2D eigenvalue weighted by Crippen LogP contribution is 2.30. The number of rotatable bonds is 2. The molecule has 0 aromatic heterocycles. The van der Waals surface area contributed by atoms with Crippen molar-refractivity contribution in [2.24, 2.45) is 11.8 Å². The molecule has 2 unspecified atom stereocenters. The zero-order valence-corrected chi connectivity index (χ0v) is 8.46. The molecule has 2 nitrogen and oxygen atoms in total. The molecule has 1 rings (SSSR count). The molecule has 13 heavy (non-hydrogen) atoms. The van der Waals surface area contributed by atoms with Gasteiger partial charge < -0.3 is 0 Å². The fraction of sp³-hybridized carbons (Fsp3) is 0.636. The highest BCUT2D eigenvalue weighted by atomic mass is 16.1. The Labute approximate surface area is 79.0 Å². The number of Topliss-reactive ketones (excluding diaryl/α,β-unsaturated/α-hetero) is 2. The van der Waals surface area contributed by atoms with Gasteiger partial charge in [-0.25, -0.2) is 0 Å². The second kappa shape index (κ2) is 3.86. The second-order valence-electron chi connectivity index (χ2n) is 3.92. The minimum Gasteiger partial charge on any atom is -0.300 e. The van der Waals surface area contributed by atoms with E-state index in [0.29, 0.717) is 0 Å². The Morgan fingerprint density at radius 2 is 1.77 bits per heavy atom. The van der Waals surface area contributed by atoms with E-state index in [0.717, 1.165) is 12.8 Å². The van der Waals surface area contributed by atoms with Crippen molar-refractivity contribution in [2.75, 3.05) is 0 Å². The first-order chi connectivity index (χ1) is 6.02. The minimum atomic E-state index is -0.0683. The van der Waals surface area contributed by atoms with Gasteiger partial charge in [0.05, 0.1) is 0 Å². The van der Waals surface area contributed by atoms with Crippen molar-refractivity contribution in [1.82, 2.24) is 0 Å². The molecule has 2 heteroatoms. The summed E-state index contributed by atoms with van der Waals surface area (Å²) >= 11 is 0. The lowest BCUT2D eigenvalue weighted by molar-refractivity contribution is -0.130. The van der Waals surface area contributed by atoms with Crippen molar-refractivity contribution in [3.05, 3.63) is 11.6 Å². The fourth-order valence-corrected chi connectivity index (χ4v) is 1.94. The van der Waals surface area contributed by atoms with Gasteiger partial charge in [-0.05, 0) is 33.6 Å². The van der Waals surface area contributed by atoms with Crippen LogP contribution in [0.2, 0.25) is 0 Å². The van der Waals surface area contributed by atoms with Crippen LogP contribution in [-0.4, -0.2) is 11.6 Å². The molecular weight excluding hydrogens is 164 g/mol. The van der Waals surface area contributed by atoms with Gasteiger partial charge >= 0.3 is 0 Å². The molecule has 0 aliphatic heterocycles. The van der Waals surface area contributed by atoms with Crippen LogP contribution in [0.5, 0.6) is 0 Å². The van der Waals surface area contributed by atoms with Gasteiger partial charge in [0, 0.05) is 11.8 Å². The molecule has 1 aliphatic carbocycles. The lowest BCUT2D eigenvalue weighted by Crippen LogP contribution is -2.29. The molecule has 0 fully saturated rings. The summed E-state index contributed by atoms with van der Waals surface area (Å²) in [7, 11) is 0. The summed E-state index contributed by atoms with van der Waals surface area (Å²) in [6, 6.07) is 0. The SMILES string of the molecule is CC(=O)C1CC=C(C)CC1C(C)=O. The van der Waals surface area contributed by atoms with Gasteiger partial charge in [-0.1, -0.05) is 11.6 Å². The van der Waals surface area contributed by atoms with Crippen LogP contribution in [0.25, 0.3) is 0 Å². The zero-order valence-electron chi connectivity index (χ0n) is 8.46. The Kier molecular flexibility index (Phi) is 3.02. The molecule has 0 spiro atoms. The Morgan fingerprint density at radius 3 is 2.23 bits per heavy atom. The van der Waals surface area contributed by atoms with Gasteiger partial charge in [0.2, 0.25) is 0 Å². The monoisotopic (exact) mass is 180 g/mol. The standard InChI is InChI=1S/C11H16O2/c1-7-4-5-10(8(2)12)11(6-7)9(3)13/h4,10-11H,5-6H2,1-3H3. The largest absolute Gasteiger partial charge is 0.300 e. The third kappa shape index (κ3) is 2.27. The molecule has 0 aromatic rings.